The molecule has 0 aliphatic rings. The number of halogens is 1. The second-order valence-electron chi connectivity index (χ2n) is 4.16. The van der Waals surface area contributed by atoms with Crippen molar-refractivity contribution in [3.8, 4) is 0 Å². The highest BCUT2D eigenvalue weighted by atomic mass is 79.9. The molecule has 0 amide bonds. The Labute approximate surface area is 123 Å². The molecule has 5 heteroatoms. The second-order valence-corrected chi connectivity index (χ2v) is 5.97. The number of hydrogen-bond donors (Lipinski definition) is 2. The summed E-state index contributed by atoms with van der Waals surface area (Å²) in [5.41, 5.74) is 9.95. The lowest BCUT2D eigenvalue weighted by Gasteiger charge is -2.06. The van der Waals surface area contributed by atoms with E-state index in [0.29, 0.717) is 0 Å². The van der Waals surface area contributed by atoms with E-state index in [2.05, 4.69) is 25.9 Å². The largest absolute Gasteiger partial charge is 0.398 e. The molecule has 1 aromatic heterocycles. The van der Waals surface area contributed by atoms with Gasteiger partial charge in [0.25, 0.3) is 0 Å². The van der Waals surface area contributed by atoms with Gasteiger partial charge in [0, 0.05) is 15.9 Å². The van der Waals surface area contributed by atoms with Crippen LogP contribution in [0.2, 0.25) is 0 Å². The molecular weight excluding hydrogens is 322 g/mol. The number of nitrogens with two attached hydrogens (primary N) is 1. The van der Waals surface area contributed by atoms with Gasteiger partial charge in [0.1, 0.15) is 0 Å². The maximum absolute atomic E-state index is 5.99. The molecule has 0 bridgehead atoms. The number of imidazole rings is 1. The van der Waals surface area contributed by atoms with Gasteiger partial charge >= 0.3 is 0 Å². The zero-order valence-electron chi connectivity index (χ0n) is 10.1. The highest BCUT2D eigenvalue weighted by Gasteiger charge is 2.07. The van der Waals surface area contributed by atoms with E-state index in [-0.39, 0.29) is 0 Å². The Bertz CT molecular complexity index is 670. The van der Waals surface area contributed by atoms with Crippen LogP contribution in [0.5, 0.6) is 0 Å². The number of nitrogens with one attached hydrogen (secondary N) is 1. The third-order valence-electron chi connectivity index (χ3n) is 2.88. The SMILES string of the molecule is Nc1cccc(Br)c1CSc1nc2ccccc2[nH]1. The Morgan fingerprint density at radius 2 is 2.00 bits per heavy atom. The number of nitrogen functional groups attached to an aromatic ring is 1. The number of aromatic nitrogens is 2. The normalized spacial score (nSPS) is 11.0. The van der Waals surface area contributed by atoms with Gasteiger partial charge in [-0.2, -0.15) is 0 Å². The van der Waals surface area contributed by atoms with Crippen LogP contribution >= 0.6 is 27.7 Å². The Kier molecular flexibility index (Phi) is 3.48. The molecule has 0 radical (unpaired) electrons. The highest BCUT2D eigenvalue weighted by Crippen LogP contribution is 2.30. The lowest BCUT2D eigenvalue weighted by atomic mass is 10.2. The van der Waals surface area contributed by atoms with Crippen molar-refractivity contribution in [1.29, 1.82) is 0 Å². The molecule has 0 atom stereocenters. The summed E-state index contributed by atoms with van der Waals surface area (Å²) in [6.07, 6.45) is 0. The van der Waals surface area contributed by atoms with Gasteiger partial charge in [-0.1, -0.05) is 45.9 Å². The average Bonchev–Trinajstić information content (AvgIpc) is 2.81. The number of anilines is 1. The molecule has 96 valence electrons. The molecule has 0 unspecified atom stereocenters. The highest BCUT2D eigenvalue weighted by molar-refractivity contribution is 9.10. The number of para-hydroxylation sites is 2. The number of thioether (sulfide) groups is 1. The first kappa shape index (κ1) is 12.6. The Morgan fingerprint density at radius 3 is 2.79 bits per heavy atom. The Hall–Kier alpha value is -1.46. The zero-order valence-corrected chi connectivity index (χ0v) is 12.5. The smallest absolute Gasteiger partial charge is 0.166 e. The van der Waals surface area contributed by atoms with Gasteiger partial charge < -0.3 is 10.7 Å². The topological polar surface area (TPSA) is 54.7 Å². The average molecular weight is 334 g/mol. The molecule has 3 aromatic rings. The van der Waals surface area contributed by atoms with Crippen LogP contribution in [-0.4, -0.2) is 9.97 Å². The van der Waals surface area contributed by atoms with Crippen LogP contribution in [0.1, 0.15) is 5.56 Å². The van der Waals surface area contributed by atoms with Gasteiger partial charge in [-0.15, -0.1) is 0 Å². The maximum atomic E-state index is 5.99. The summed E-state index contributed by atoms with van der Waals surface area (Å²) in [7, 11) is 0. The predicted octanol–water partition coefficient (Wildman–Crippen LogP) is 4.20. The number of nitrogens with zero attached hydrogens (tertiary/aromatic N) is 1. The van der Waals surface area contributed by atoms with Crippen molar-refractivity contribution in [2.75, 3.05) is 5.73 Å². The molecule has 3 N–H and O–H groups in total. The van der Waals surface area contributed by atoms with E-state index in [0.717, 1.165) is 37.7 Å². The van der Waals surface area contributed by atoms with E-state index in [1.165, 1.54) is 0 Å². The van der Waals surface area contributed by atoms with Crippen molar-refractivity contribution >= 4 is 44.4 Å². The fourth-order valence-corrected chi connectivity index (χ4v) is 3.52. The first-order valence-electron chi connectivity index (χ1n) is 5.84. The van der Waals surface area contributed by atoms with Gasteiger partial charge in [-0.3, -0.25) is 0 Å². The molecule has 0 fully saturated rings. The van der Waals surface area contributed by atoms with Crippen LogP contribution in [0, 0.1) is 0 Å². The summed E-state index contributed by atoms with van der Waals surface area (Å²) in [5, 5.41) is 0.913. The van der Waals surface area contributed by atoms with E-state index in [9.17, 15) is 0 Å². The number of rotatable bonds is 3. The van der Waals surface area contributed by atoms with Crippen LogP contribution in [-0.2, 0) is 5.75 Å². The van der Waals surface area contributed by atoms with Crippen LogP contribution in [0.25, 0.3) is 11.0 Å². The second kappa shape index (κ2) is 5.27. The van der Waals surface area contributed by atoms with Crippen molar-refractivity contribution in [2.24, 2.45) is 0 Å². The lowest BCUT2D eigenvalue weighted by Crippen LogP contribution is -1.93. The minimum absolute atomic E-state index is 0.785. The first-order chi connectivity index (χ1) is 9.24. The fourth-order valence-electron chi connectivity index (χ4n) is 1.87. The molecule has 0 spiro atoms. The summed E-state index contributed by atoms with van der Waals surface area (Å²) >= 11 is 5.18. The van der Waals surface area contributed by atoms with Crippen LogP contribution in [0.3, 0.4) is 0 Å². The van der Waals surface area contributed by atoms with Crippen LogP contribution in [0.4, 0.5) is 5.69 Å². The van der Waals surface area contributed by atoms with E-state index in [1.807, 2.05) is 42.5 Å². The minimum Gasteiger partial charge on any atom is -0.398 e. The van der Waals surface area contributed by atoms with E-state index >= 15 is 0 Å². The molecule has 3 rings (SSSR count). The molecule has 0 aliphatic carbocycles. The number of benzene rings is 2. The summed E-state index contributed by atoms with van der Waals surface area (Å²) in [4.78, 5) is 7.84. The molecule has 0 saturated carbocycles. The molecule has 1 heterocycles. The lowest BCUT2D eigenvalue weighted by molar-refractivity contribution is 1.08. The minimum atomic E-state index is 0.785. The molecule has 0 aliphatic heterocycles. The third-order valence-corrected chi connectivity index (χ3v) is 4.52. The van der Waals surface area contributed by atoms with Gasteiger partial charge in [0.2, 0.25) is 0 Å². The van der Waals surface area contributed by atoms with Crippen molar-refractivity contribution in [3.63, 3.8) is 0 Å². The van der Waals surface area contributed by atoms with Crippen molar-refractivity contribution in [2.45, 2.75) is 10.9 Å². The van der Waals surface area contributed by atoms with Crippen molar-refractivity contribution < 1.29 is 0 Å². The van der Waals surface area contributed by atoms with Crippen molar-refractivity contribution in [3.05, 3.63) is 52.5 Å². The van der Waals surface area contributed by atoms with Crippen LogP contribution in [0.15, 0.2) is 52.1 Å². The zero-order chi connectivity index (χ0) is 13.2. The third kappa shape index (κ3) is 2.62. The molecule has 2 aromatic carbocycles. The summed E-state index contributed by atoms with van der Waals surface area (Å²) in [6.45, 7) is 0. The fraction of sp³-hybridized carbons (Fsp3) is 0.0714. The number of aromatic amines is 1. The van der Waals surface area contributed by atoms with Gasteiger partial charge in [0.05, 0.1) is 11.0 Å². The summed E-state index contributed by atoms with van der Waals surface area (Å²) in [5.74, 6) is 0.785. The predicted molar refractivity (Wildman–Crippen MR) is 84.2 cm³/mol. The van der Waals surface area contributed by atoms with Gasteiger partial charge in [-0.05, 0) is 29.8 Å². The Balaban J connectivity index is 1.82. The Morgan fingerprint density at radius 1 is 1.16 bits per heavy atom. The van der Waals surface area contributed by atoms with E-state index in [4.69, 9.17) is 5.73 Å². The molecule has 19 heavy (non-hydrogen) atoms. The quantitative estimate of drug-likeness (QED) is 0.557. The van der Waals surface area contributed by atoms with E-state index < -0.39 is 0 Å². The summed E-state index contributed by atoms with van der Waals surface area (Å²) in [6, 6.07) is 13.9. The van der Waals surface area contributed by atoms with Crippen molar-refractivity contribution in [1.82, 2.24) is 9.97 Å². The van der Waals surface area contributed by atoms with Gasteiger partial charge in [-0.25, -0.2) is 4.98 Å². The molecule has 3 nitrogen and oxygen atoms in total. The van der Waals surface area contributed by atoms with Gasteiger partial charge in [0.15, 0.2) is 5.16 Å². The maximum Gasteiger partial charge on any atom is 0.166 e. The number of fused-ring (bicyclic) bond motifs is 1. The standard InChI is InChI=1S/C14H12BrN3S/c15-10-4-3-5-11(16)9(10)8-19-14-17-12-6-1-2-7-13(12)18-14/h1-7H,8,16H2,(H,17,18). The van der Waals surface area contributed by atoms with Crippen LogP contribution < -0.4 is 5.73 Å². The first-order valence-corrected chi connectivity index (χ1v) is 7.62. The molecule has 0 saturated heterocycles. The monoisotopic (exact) mass is 333 g/mol. The summed E-state index contributed by atoms with van der Waals surface area (Å²) < 4.78 is 1.04. The number of H-pyrrole nitrogens is 1. The molecular formula is C14H12BrN3S. The number of hydrogen-bond acceptors (Lipinski definition) is 3. The van der Waals surface area contributed by atoms with E-state index in [1.54, 1.807) is 11.8 Å².